The molecule has 0 amide bonds. The largest absolute Gasteiger partial charge is 0.480 e. The van der Waals surface area contributed by atoms with E-state index in [1.807, 2.05) is 6.07 Å². The van der Waals surface area contributed by atoms with Gasteiger partial charge in [-0.05, 0) is 12.1 Å². The van der Waals surface area contributed by atoms with Crippen LogP contribution in [-0.2, 0) is 4.79 Å². The fourth-order valence-electron chi connectivity index (χ4n) is 1.20. The van der Waals surface area contributed by atoms with Crippen molar-refractivity contribution < 1.29 is 9.90 Å². The fourth-order valence-corrected chi connectivity index (χ4v) is 1.20. The third-order valence-corrected chi connectivity index (χ3v) is 1.88. The van der Waals surface area contributed by atoms with Gasteiger partial charge in [-0.1, -0.05) is 6.08 Å². The van der Waals surface area contributed by atoms with Crippen molar-refractivity contribution in [3.8, 4) is 6.07 Å². The predicted molar refractivity (Wildman–Crippen MR) is 59.0 cm³/mol. The fraction of sp³-hybridized carbons (Fsp3) is 0.182. The van der Waals surface area contributed by atoms with Crippen molar-refractivity contribution in [3.63, 3.8) is 0 Å². The molecule has 0 aliphatic carbocycles. The molecule has 0 aliphatic heterocycles. The maximum atomic E-state index is 10.6. The Balaban J connectivity index is 2.88. The first kappa shape index (κ1) is 11.7. The maximum Gasteiger partial charge on any atom is 0.323 e. The van der Waals surface area contributed by atoms with Gasteiger partial charge in [0.25, 0.3) is 0 Å². The number of carbonyl (C=O) groups is 1. The Bertz CT molecular complexity index is 420. The van der Waals surface area contributed by atoms with Gasteiger partial charge >= 0.3 is 5.97 Å². The molecule has 0 saturated carbocycles. The second-order valence-electron chi connectivity index (χ2n) is 3.08. The molecule has 0 bridgehead atoms. The number of nitriles is 1. The molecule has 0 radical (unpaired) electrons. The number of hydrogen-bond donors (Lipinski definition) is 1. The molecular formula is C11H11N3O2. The highest BCUT2D eigenvalue weighted by Crippen LogP contribution is 2.10. The van der Waals surface area contributed by atoms with Gasteiger partial charge in [0, 0.05) is 12.7 Å². The summed E-state index contributed by atoms with van der Waals surface area (Å²) in [7, 11) is 0. The minimum atomic E-state index is -0.937. The lowest BCUT2D eigenvalue weighted by Gasteiger charge is -2.19. The lowest BCUT2D eigenvalue weighted by molar-refractivity contribution is -0.135. The van der Waals surface area contributed by atoms with E-state index in [0.29, 0.717) is 17.9 Å². The number of carboxylic acids is 1. The lowest BCUT2D eigenvalue weighted by atomic mass is 10.3. The standard InChI is InChI=1S/C11H11N3O2/c1-2-5-14(8-11(15)16)10-4-3-9(6-12)7-13-10/h2-4,7H,1,5,8H2,(H,15,16). The number of carboxylic acid groups (broad SMARTS) is 1. The Kier molecular flexibility index (Phi) is 4.04. The quantitative estimate of drug-likeness (QED) is 0.745. The molecule has 1 N–H and O–H groups in total. The van der Waals surface area contributed by atoms with E-state index in [0.717, 1.165) is 0 Å². The smallest absolute Gasteiger partial charge is 0.323 e. The van der Waals surface area contributed by atoms with Crippen LogP contribution >= 0.6 is 0 Å². The first-order valence-corrected chi connectivity index (χ1v) is 4.61. The summed E-state index contributed by atoms with van der Waals surface area (Å²) < 4.78 is 0. The Morgan fingerprint density at radius 3 is 2.88 bits per heavy atom. The van der Waals surface area contributed by atoms with Crippen molar-refractivity contribution >= 4 is 11.8 Å². The zero-order valence-electron chi connectivity index (χ0n) is 8.63. The molecule has 0 aromatic carbocycles. The number of anilines is 1. The Morgan fingerprint density at radius 1 is 1.69 bits per heavy atom. The van der Waals surface area contributed by atoms with Crippen LogP contribution in [0.4, 0.5) is 5.82 Å². The molecule has 0 saturated heterocycles. The summed E-state index contributed by atoms with van der Waals surface area (Å²) in [5.74, 6) is -0.422. The normalized spacial score (nSPS) is 9.19. The number of nitrogens with zero attached hydrogens (tertiary/aromatic N) is 3. The van der Waals surface area contributed by atoms with Crippen LogP contribution < -0.4 is 4.90 Å². The Labute approximate surface area is 93.3 Å². The average molecular weight is 217 g/mol. The number of hydrogen-bond acceptors (Lipinski definition) is 4. The first-order chi connectivity index (χ1) is 7.67. The summed E-state index contributed by atoms with van der Waals surface area (Å²) in [5.41, 5.74) is 0.442. The van der Waals surface area contributed by atoms with Crippen molar-refractivity contribution in [2.45, 2.75) is 0 Å². The van der Waals surface area contributed by atoms with E-state index in [1.165, 1.54) is 6.20 Å². The zero-order chi connectivity index (χ0) is 12.0. The van der Waals surface area contributed by atoms with Crippen molar-refractivity contribution in [2.24, 2.45) is 0 Å². The Morgan fingerprint density at radius 2 is 2.44 bits per heavy atom. The molecule has 5 nitrogen and oxygen atoms in total. The third-order valence-electron chi connectivity index (χ3n) is 1.88. The molecule has 0 aliphatic rings. The van der Waals surface area contributed by atoms with E-state index < -0.39 is 5.97 Å². The van der Waals surface area contributed by atoms with Crippen molar-refractivity contribution in [1.29, 1.82) is 5.26 Å². The van der Waals surface area contributed by atoms with E-state index in [9.17, 15) is 4.79 Å². The molecular weight excluding hydrogens is 206 g/mol. The van der Waals surface area contributed by atoms with Crippen molar-refractivity contribution in [3.05, 3.63) is 36.5 Å². The summed E-state index contributed by atoms with van der Waals surface area (Å²) in [6.07, 6.45) is 3.01. The summed E-state index contributed by atoms with van der Waals surface area (Å²) >= 11 is 0. The monoisotopic (exact) mass is 217 g/mol. The third kappa shape index (κ3) is 3.10. The van der Waals surface area contributed by atoms with Crippen LogP contribution in [0.5, 0.6) is 0 Å². The SMILES string of the molecule is C=CCN(CC(=O)O)c1ccc(C#N)cn1. The van der Waals surface area contributed by atoms with Gasteiger partial charge in [0.05, 0.1) is 5.56 Å². The number of pyridine rings is 1. The number of aliphatic carboxylic acids is 1. The van der Waals surface area contributed by atoms with Gasteiger partial charge in [0.15, 0.2) is 0 Å². The van der Waals surface area contributed by atoms with Crippen LogP contribution in [-0.4, -0.2) is 29.1 Å². The molecule has 1 aromatic heterocycles. The van der Waals surface area contributed by atoms with Crippen LogP contribution in [0, 0.1) is 11.3 Å². The van der Waals surface area contributed by atoms with E-state index in [4.69, 9.17) is 10.4 Å². The van der Waals surface area contributed by atoms with E-state index >= 15 is 0 Å². The van der Waals surface area contributed by atoms with Gasteiger partial charge in [-0.2, -0.15) is 5.26 Å². The summed E-state index contributed by atoms with van der Waals surface area (Å²) in [6.45, 7) is 3.80. The van der Waals surface area contributed by atoms with E-state index in [1.54, 1.807) is 23.1 Å². The highest BCUT2D eigenvalue weighted by atomic mass is 16.4. The molecule has 0 atom stereocenters. The van der Waals surface area contributed by atoms with Crippen molar-refractivity contribution in [2.75, 3.05) is 18.0 Å². The van der Waals surface area contributed by atoms with Crippen LogP contribution in [0.1, 0.15) is 5.56 Å². The summed E-state index contributed by atoms with van der Waals surface area (Å²) in [5, 5.41) is 17.3. The van der Waals surface area contributed by atoms with Crippen LogP contribution in [0.15, 0.2) is 31.0 Å². The van der Waals surface area contributed by atoms with Gasteiger partial charge in [-0.3, -0.25) is 4.79 Å². The Hall–Kier alpha value is -2.35. The second kappa shape index (κ2) is 5.51. The molecule has 1 rings (SSSR count). The van der Waals surface area contributed by atoms with Crippen LogP contribution in [0.25, 0.3) is 0 Å². The molecule has 82 valence electrons. The molecule has 0 unspecified atom stereocenters. The first-order valence-electron chi connectivity index (χ1n) is 4.61. The minimum absolute atomic E-state index is 0.148. The number of rotatable bonds is 5. The van der Waals surface area contributed by atoms with E-state index in [2.05, 4.69) is 11.6 Å². The predicted octanol–water partition coefficient (Wildman–Crippen LogP) is 1.03. The van der Waals surface area contributed by atoms with Gasteiger partial charge < -0.3 is 10.0 Å². The molecule has 1 heterocycles. The molecule has 0 fully saturated rings. The molecule has 5 heteroatoms. The minimum Gasteiger partial charge on any atom is -0.480 e. The average Bonchev–Trinajstić information content (AvgIpc) is 2.28. The highest BCUT2D eigenvalue weighted by Gasteiger charge is 2.09. The van der Waals surface area contributed by atoms with E-state index in [-0.39, 0.29) is 6.54 Å². The zero-order valence-corrected chi connectivity index (χ0v) is 8.63. The summed E-state index contributed by atoms with van der Waals surface area (Å²) in [6, 6.07) is 5.16. The van der Waals surface area contributed by atoms with Gasteiger partial charge in [0.1, 0.15) is 18.4 Å². The lowest BCUT2D eigenvalue weighted by Crippen LogP contribution is -2.30. The maximum absolute atomic E-state index is 10.6. The van der Waals surface area contributed by atoms with Gasteiger partial charge in [0.2, 0.25) is 0 Å². The second-order valence-corrected chi connectivity index (χ2v) is 3.08. The van der Waals surface area contributed by atoms with Gasteiger partial charge in [-0.15, -0.1) is 6.58 Å². The molecule has 1 aromatic rings. The van der Waals surface area contributed by atoms with Crippen LogP contribution in [0.2, 0.25) is 0 Å². The topological polar surface area (TPSA) is 77.2 Å². The van der Waals surface area contributed by atoms with Crippen LogP contribution in [0.3, 0.4) is 0 Å². The van der Waals surface area contributed by atoms with Crippen molar-refractivity contribution in [1.82, 2.24) is 4.98 Å². The summed E-state index contributed by atoms with van der Waals surface area (Å²) in [4.78, 5) is 16.2. The molecule has 0 spiro atoms. The highest BCUT2D eigenvalue weighted by molar-refractivity contribution is 5.73. The van der Waals surface area contributed by atoms with Gasteiger partial charge in [-0.25, -0.2) is 4.98 Å². The molecule has 16 heavy (non-hydrogen) atoms. The number of aromatic nitrogens is 1.